The van der Waals surface area contributed by atoms with E-state index in [4.69, 9.17) is 18.9 Å². The van der Waals surface area contributed by atoms with Crippen molar-refractivity contribution in [2.75, 3.05) is 65.4 Å². The molecule has 1 aliphatic rings. The summed E-state index contributed by atoms with van der Waals surface area (Å²) in [4.78, 5) is 3.58. The summed E-state index contributed by atoms with van der Waals surface area (Å²) in [6.45, 7) is 6.67. The fourth-order valence-electron chi connectivity index (χ4n) is 10.7. The molecular formula is C64H62N4O10S2-2. The normalized spacial score (nSPS) is 12.9. The first-order chi connectivity index (χ1) is 38.4. The molecule has 0 amide bonds. The molecule has 0 fully saturated rings. The number of sulfonamides is 2. The highest BCUT2D eigenvalue weighted by Crippen LogP contribution is 2.41. The number of rotatable bonds is 18. The standard InChI is InChI=1S/C64H64N4O10S2/c1-9-17-41-31-47-35-43-19-11-21-45(61(43)75-7)37-49-33-42(18-10-2)34-50(64(49)78-40-60(70)66-80(73,74)58-30-16-24-52-54(58)26-14-28-56(52)68(5)6)38-46-22-12-20-44(62(46)76-8)36-48(32-41)63(47)77-39-59(69)65-79(71,72)57-29-15-23-51-53(57)25-13-27-55(51)67(3)4/h9-16,19-34H,1-2,17-18,35-40H2,3-8H3,(H,65,69)(H,66,70)/p-2. The number of nitrogens with zero attached hydrogens (tertiary/aromatic N) is 4. The molecule has 412 valence electrons. The predicted molar refractivity (Wildman–Crippen MR) is 315 cm³/mol. The van der Waals surface area contributed by atoms with E-state index in [1.165, 1.54) is 12.1 Å². The van der Waals surface area contributed by atoms with E-state index in [2.05, 4.69) is 22.0 Å². The minimum Gasteiger partial charge on any atom is -0.859 e. The first-order valence-electron chi connectivity index (χ1n) is 25.9. The van der Waals surface area contributed by atoms with E-state index in [1.54, 1.807) is 62.8 Å². The lowest BCUT2D eigenvalue weighted by Crippen LogP contribution is -2.27. The van der Waals surface area contributed by atoms with E-state index in [-0.39, 0.29) is 35.5 Å². The Morgan fingerprint density at radius 1 is 0.475 bits per heavy atom. The van der Waals surface area contributed by atoms with E-state index in [0.29, 0.717) is 79.6 Å². The maximum absolute atomic E-state index is 14.0. The Morgan fingerprint density at radius 2 is 0.787 bits per heavy atom. The highest BCUT2D eigenvalue weighted by Gasteiger charge is 2.25. The van der Waals surface area contributed by atoms with Crippen LogP contribution in [0, 0.1) is 0 Å². The minimum atomic E-state index is -4.49. The zero-order chi connectivity index (χ0) is 56.9. The summed E-state index contributed by atoms with van der Waals surface area (Å²) in [5.74, 6) is -0.118. The van der Waals surface area contributed by atoms with Gasteiger partial charge in [0, 0.05) is 98.6 Å². The van der Waals surface area contributed by atoms with Gasteiger partial charge in [0.2, 0.25) is 0 Å². The third kappa shape index (κ3) is 11.9. The quantitative estimate of drug-likeness (QED) is 0.0452. The lowest BCUT2D eigenvalue weighted by molar-refractivity contribution is -0.220. The number of allylic oxidation sites excluding steroid dienone is 2. The van der Waals surface area contributed by atoms with Gasteiger partial charge in [-0.1, -0.05) is 121 Å². The van der Waals surface area contributed by atoms with Crippen LogP contribution in [0.5, 0.6) is 23.0 Å². The summed E-state index contributed by atoms with van der Waals surface area (Å²) in [5, 5.41) is 30.0. The van der Waals surface area contributed by atoms with Crippen LogP contribution in [-0.4, -0.2) is 84.3 Å². The van der Waals surface area contributed by atoms with Gasteiger partial charge in [-0.05, 0) is 92.7 Å². The third-order valence-corrected chi connectivity index (χ3v) is 16.7. The molecule has 0 N–H and O–H groups in total. The Hall–Kier alpha value is -8.60. The maximum Gasteiger partial charge on any atom is 0.282 e. The van der Waals surface area contributed by atoms with Crippen LogP contribution in [0.4, 0.5) is 11.4 Å². The van der Waals surface area contributed by atoms with E-state index < -0.39 is 45.1 Å². The Bertz CT molecular complexity index is 3650. The predicted octanol–water partition coefficient (Wildman–Crippen LogP) is 9.33. The molecule has 8 aromatic rings. The van der Waals surface area contributed by atoms with Gasteiger partial charge in [-0.2, -0.15) is 25.6 Å². The minimum absolute atomic E-state index is 0.0951. The van der Waals surface area contributed by atoms with Crippen LogP contribution in [0.3, 0.4) is 0 Å². The van der Waals surface area contributed by atoms with Crippen LogP contribution in [0.1, 0.15) is 55.6 Å². The molecule has 0 spiro atoms. The van der Waals surface area contributed by atoms with Gasteiger partial charge < -0.3 is 39.0 Å². The highest BCUT2D eigenvalue weighted by molar-refractivity contribution is 7.90. The maximum atomic E-state index is 14.0. The largest absolute Gasteiger partial charge is 0.859 e. The molecular weight excluding hydrogens is 1050 g/mol. The summed E-state index contributed by atoms with van der Waals surface area (Å²) < 4.78 is 89.0. The molecule has 9 rings (SSSR count). The van der Waals surface area contributed by atoms with Gasteiger partial charge in [0.1, 0.15) is 36.2 Å². The van der Waals surface area contributed by atoms with E-state index in [9.17, 15) is 27.0 Å². The molecule has 0 radical (unpaired) electrons. The smallest absolute Gasteiger partial charge is 0.282 e. The van der Waals surface area contributed by atoms with Crippen LogP contribution in [-0.2, 0) is 58.6 Å². The molecule has 8 bridgehead atoms. The fraction of sp³-hybridized carbons (Fsp3) is 0.219. The highest BCUT2D eigenvalue weighted by atomic mass is 32.2. The summed E-state index contributed by atoms with van der Waals surface area (Å²) in [5.41, 5.74) is 9.30. The van der Waals surface area contributed by atoms with Crippen molar-refractivity contribution >= 4 is 64.8 Å². The van der Waals surface area contributed by atoms with Crippen molar-refractivity contribution < 1.29 is 46.0 Å². The molecule has 80 heavy (non-hydrogen) atoms. The van der Waals surface area contributed by atoms with Crippen LogP contribution in [0.15, 0.2) is 177 Å². The zero-order valence-electron chi connectivity index (χ0n) is 45.6. The molecule has 0 atom stereocenters. The lowest BCUT2D eigenvalue weighted by atomic mass is 9.89. The second-order valence-electron chi connectivity index (χ2n) is 19.9. The molecule has 0 heterocycles. The number of methoxy groups -OCH3 is 2. The number of fused-ring (bicyclic) bond motifs is 10. The van der Waals surface area contributed by atoms with Gasteiger partial charge >= 0.3 is 0 Å². The zero-order valence-corrected chi connectivity index (χ0v) is 47.2. The van der Waals surface area contributed by atoms with Gasteiger partial charge in [-0.25, -0.2) is 0 Å². The van der Waals surface area contributed by atoms with Crippen LogP contribution in [0.2, 0.25) is 0 Å². The number of para-hydroxylation sites is 2. The van der Waals surface area contributed by atoms with Crippen molar-refractivity contribution in [3.8, 4) is 23.0 Å². The second kappa shape index (κ2) is 23.8. The summed E-state index contributed by atoms with van der Waals surface area (Å²) in [6.07, 6.45) is 5.62. The third-order valence-electron chi connectivity index (χ3n) is 14.0. The van der Waals surface area contributed by atoms with Crippen LogP contribution < -0.4 is 39.0 Å². The first kappa shape index (κ1) is 56.1. The van der Waals surface area contributed by atoms with E-state index >= 15 is 0 Å². The summed E-state index contributed by atoms with van der Waals surface area (Å²) in [7, 11) is 1.67. The van der Waals surface area contributed by atoms with Gasteiger partial charge in [-0.3, -0.25) is 0 Å². The van der Waals surface area contributed by atoms with E-state index in [0.717, 1.165) is 44.8 Å². The first-order valence-corrected chi connectivity index (χ1v) is 28.8. The van der Waals surface area contributed by atoms with Crippen molar-refractivity contribution in [2.45, 2.75) is 48.3 Å². The van der Waals surface area contributed by atoms with Gasteiger partial charge in [0.15, 0.2) is 0 Å². The molecule has 0 aromatic heterocycles. The Balaban J connectivity index is 1.13. The molecule has 0 unspecified atom stereocenters. The number of ether oxygens (including phenoxy) is 4. The topological polar surface area (TPSA) is 183 Å². The van der Waals surface area contributed by atoms with Crippen LogP contribution >= 0.6 is 0 Å². The van der Waals surface area contributed by atoms with Gasteiger partial charge in [-0.15, -0.1) is 13.2 Å². The summed E-state index contributed by atoms with van der Waals surface area (Å²) >= 11 is 0. The van der Waals surface area contributed by atoms with Crippen molar-refractivity contribution in [2.24, 2.45) is 8.80 Å². The van der Waals surface area contributed by atoms with Crippen LogP contribution in [0.25, 0.3) is 21.5 Å². The van der Waals surface area contributed by atoms with Gasteiger partial charge in [0.25, 0.3) is 20.0 Å². The molecule has 14 nitrogen and oxygen atoms in total. The average molecular weight is 1110 g/mol. The van der Waals surface area contributed by atoms with E-state index in [1.807, 2.05) is 123 Å². The monoisotopic (exact) mass is 1110 g/mol. The molecule has 16 heteroatoms. The van der Waals surface area contributed by atoms with Gasteiger partial charge in [0.05, 0.1) is 24.0 Å². The molecule has 0 saturated heterocycles. The van der Waals surface area contributed by atoms with Crippen molar-refractivity contribution in [3.63, 3.8) is 0 Å². The lowest BCUT2D eigenvalue weighted by Gasteiger charge is -2.24. The fourth-order valence-corrected chi connectivity index (χ4v) is 13.0. The number of benzene rings is 8. The number of hydrogen-bond acceptors (Lipinski definition) is 12. The average Bonchev–Trinajstić information content (AvgIpc) is 3.46. The number of hydrogen-bond donors (Lipinski definition) is 0. The number of anilines is 2. The Labute approximate surface area is 468 Å². The van der Waals surface area contributed by atoms with Crippen molar-refractivity contribution in [3.05, 3.63) is 214 Å². The van der Waals surface area contributed by atoms with Crippen molar-refractivity contribution in [1.29, 1.82) is 0 Å². The Kier molecular flexibility index (Phi) is 16.7. The summed E-state index contributed by atoms with van der Waals surface area (Å²) in [6, 6.07) is 40.0. The SMILES string of the molecule is C=CCc1cc2c(OCC([O-])=NS(=O)(=O)c3cccc4c(N(C)C)cccc34)c(c1)Cc1cccc(c1OC)Cc1cc(CC=C)cc(c1OCC([O-])=NS(=O)(=O)c1cccc3c(N(C)C)cccc13)Cc1cccc(c1OC)C2. The molecule has 0 aliphatic heterocycles. The second-order valence-corrected chi connectivity index (χ2v) is 23.1. The molecule has 8 aromatic carbocycles. The Morgan fingerprint density at radius 3 is 1.10 bits per heavy atom. The van der Waals surface area contributed by atoms with Crippen molar-refractivity contribution in [1.82, 2.24) is 0 Å². The molecule has 1 aliphatic carbocycles. The molecule has 0 saturated carbocycles.